The lowest BCUT2D eigenvalue weighted by Gasteiger charge is -1.89. The largest absolute Gasteiger partial charge is 0.287 e. The normalized spacial score (nSPS) is 8.80. The Morgan fingerprint density at radius 1 is 1.60 bits per heavy atom. The van der Waals surface area contributed by atoms with Gasteiger partial charge in [0.25, 0.3) is 0 Å². The average molecular weight is 151 g/mol. The summed E-state index contributed by atoms with van der Waals surface area (Å²) < 4.78 is 0. The van der Waals surface area contributed by atoms with Gasteiger partial charge in [-0.05, 0) is 12.1 Å². The Morgan fingerprint density at radius 2 is 2.40 bits per heavy atom. The number of carbonyl (C=O) groups is 1. The minimum absolute atomic E-state index is 0.212. The molecule has 0 aliphatic carbocycles. The molecule has 50 valence electrons. The van der Waals surface area contributed by atoms with Crippen molar-refractivity contribution in [1.82, 2.24) is 4.98 Å². The number of hydrogen-bond donors (Lipinski definition) is 0. The van der Waals surface area contributed by atoms with E-state index in [2.05, 4.69) is 17.2 Å². The summed E-state index contributed by atoms with van der Waals surface area (Å²) in [7, 11) is 0. The Hall–Kier alpha value is -1.09. The standard InChI is InChI=1S/C7H5NOS/c9-7(5-10)6-3-1-2-4-8-6/h1-5H. The minimum atomic E-state index is -0.212. The van der Waals surface area contributed by atoms with Crippen LogP contribution in [-0.4, -0.2) is 16.1 Å². The third-order valence-electron chi connectivity index (χ3n) is 1.02. The summed E-state index contributed by atoms with van der Waals surface area (Å²) >= 11 is 4.44. The summed E-state index contributed by atoms with van der Waals surface area (Å²) in [4.78, 5) is 14.6. The highest BCUT2D eigenvalue weighted by Crippen LogP contribution is 1.92. The van der Waals surface area contributed by atoms with E-state index >= 15 is 0 Å². The van der Waals surface area contributed by atoms with E-state index in [-0.39, 0.29) is 5.78 Å². The summed E-state index contributed by atoms with van der Waals surface area (Å²) in [6, 6.07) is 5.13. The quantitative estimate of drug-likeness (QED) is 0.471. The first-order chi connectivity index (χ1) is 4.84. The first-order valence-electron chi connectivity index (χ1n) is 2.75. The number of pyridine rings is 1. The van der Waals surface area contributed by atoms with Gasteiger partial charge in [0, 0.05) is 6.20 Å². The minimum Gasteiger partial charge on any atom is -0.287 e. The second kappa shape index (κ2) is 3.17. The van der Waals surface area contributed by atoms with E-state index < -0.39 is 0 Å². The fraction of sp³-hybridized carbons (Fsp3) is 0. The van der Waals surface area contributed by atoms with Crippen molar-refractivity contribution in [3.63, 3.8) is 0 Å². The van der Waals surface area contributed by atoms with E-state index in [0.717, 1.165) is 5.37 Å². The van der Waals surface area contributed by atoms with Gasteiger partial charge in [0.1, 0.15) is 5.69 Å². The number of ketones is 1. The average Bonchev–Trinajstić information content (AvgIpc) is 2.05. The molecule has 0 radical (unpaired) electrons. The van der Waals surface area contributed by atoms with Crippen LogP contribution in [0.4, 0.5) is 0 Å². The molecular formula is C7H5NOS. The maximum Gasteiger partial charge on any atom is 0.214 e. The number of Topliss-reactive ketones (excluding diaryl/α,β-unsaturated/α-hetero) is 1. The Labute approximate surface area is 63.9 Å². The summed E-state index contributed by atoms with van der Waals surface area (Å²) in [5.74, 6) is -0.212. The predicted octanol–water partition coefficient (Wildman–Crippen LogP) is 1.26. The molecule has 0 amide bonds. The molecule has 3 heteroatoms. The van der Waals surface area contributed by atoms with Gasteiger partial charge in [0.15, 0.2) is 0 Å². The van der Waals surface area contributed by atoms with Crippen molar-refractivity contribution in [3.05, 3.63) is 30.1 Å². The highest BCUT2D eigenvalue weighted by Gasteiger charge is 1.99. The van der Waals surface area contributed by atoms with Crippen molar-refractivity contribution < 1.29 is 4.79 Å². The third-order valence-corrected chi connectivity index (χ3v) is 1.24. The predicted molar refractivity (Wildman–Crippen MR) is 42.2 cm³/mol. The first-order valence-corrected chi connectivity index (χ1v) is 3.22. The van der Waals surface area contributed by atoms with Crippen LogP contribution in [0.25, 0.3) is 0 Å². The number of aromatic nitrogens is 1. The molecule has 1 rings (SSSR count). The van der Waals surface area contributed by atoms with E-state index in [1.807, 2.05) is 0 Å². The molecule has 10 heavy (non-hydrogen) atoms. The van der Waals surface area contributed by atoms with E-state index in [1.165, 1.54) is 0 Å². The first kappa shape index (κ1) is 7.02. The second-order valence-corrected chi connectivity index (χ2v) is 1.93. The van der Waals surface area contributed by atoms with E-state index in [0.29, 0.717) is 5.69 Å². The van der Waals surface area contributed by atoms with E-state index in [1.54, 1.807) is 24.4 Å². The van der Waals surface area contributed by atoms with Crippen LogP contribution in [0.3, 0.4) is 0 Å². The molecule has 0 saturated heterocycles. The van der Waals surface area contributed by atoms with Gasteiger partial charge in [-0.25, -0.2) is 0 Å². The maximum absolute atomic E-state index is 10.8. The van der Waals surface area contributed by atoms with Crippen molar-refractivity contribution in [2.45, 2.75) is 0 Å². The van der Waals surface area contributed by atoms with Gasteiger partial charge >= 0.3 is 0 Å². The Morgan fingerprint density at radius 3 is 2.90 bits per heavy atom. The molecule has 1 aromatic heterocycles. The zero-order valence-electron chi connectivity index (χ0n) is 5.15. The van der Waals surface area contributed by atoms with Gasteiger partial charge in [-0.1, -0.05) is 18.3 Å². The summed E-state index contributed by atoms with van der Waals surface area (Å²) in [5, 5.41) is 1.09. The molecule has 0 aliphatic heterocycles. The van der Waals surface area contributed by atoms with Crippen LogP contribution in [0.2, 0.25) is 0 Å². The van der Waals surface area contributed by atoms with Crippen molar-refractivity contribution in [1.29, 1.82) is 0 Å². The molecule has 0 aliphatic rings. The van der Waals surface area contributed by atoms with Gasteiger partial charge in [0.05, 0.1) is 5.37 Å². The lowest BCUT2D eigenvalue weighted by molar-refractivity contribution is 0.106. The zero-order valence-corrected chi connectivity index (χ0v) is 5.97. The molecule has 0 bridgehead atoms. The van der Waals surface area contributed by atoms with E-state index in [9.17, 15) is 4.79 Å². The Bertz CT molecular complexity index is 245. The van der Waals surface area contributed by atoms with Crippen LogP contribution < -0.4 is 0 Å². The van der Waals surface area contributed by atoms with Gasteiger partial charge in [-0.15, -0.1) is 0 Å². The fourth-order valence-electron chi connectivity index (χ4n) is 0.569. The van der Waals surface area contributed by atoms with Crippen LogP contribution in [0, 0.1) is 0 Å². The van der Waals surface area contributed by atoms with E-state index in [4.69, 9.17) is 0 Å². The van der Waals surface area contributed by atoms with Crippen LogP contribution in [-0.2, 0) is 0 Å². The third kappa shape index (κ3) is 1.45. The van der Waals surface area contributed by atoms with Crippen molar-refractivity contribution in [3.8, 4) is 0 Å². The molecule has 0 atom stereocenters. The molecule has 0 unspecified atom stereocenters. The molecule has 2 nitrogen and oxygen atoms in total. The molecule has 1 aromatic rings. The molecule has 0 fully saturated rings. The van der Waals surface area contributed by atoms with Crippen molar-refractivity contribution in [2.75, 3.05) is 0 Å². The summed E-state index contributed by atoms with van der Waals surface area (Å²) in [5.41, 5.74) is 0.400. The van der Waals surface area contributed by atoms with Gasteiger partial charge in [0.2, 0.25) is 5.78 Å². The maximum atomic E-state index is 10.8. The Kier molecular flexibility index (Phi) is 2.23. The SMILES string of the molecule is O=C(C=S)c1ccccn1. The molecule has 0 saturated carbocycles. The Balaban J connectivity index is 2.95. The topological polar surface area (TPSA) is 30.0 Å². The summed E-state index contributed by atoms with van der Waals surface area (Å²) in [6.45, 7) is 0. The van der Waals surface area contributed by atoms with Crippen molar-refractivity contribution in [2.24, 2.45) is 0 Å². The smallest absolute Gasteiger partial charge is 0.214 e. The van der Waals surface area contributed by atoms with Gasteiger partial charge in [-0.3, -0.25) is 9.78 Å². The van der Waals surface area contributed by atoms with Gasteiger partial charge < -0.3 is 0 Å². The summed E-state index contributed by atoms with van der Waals surface area (Å²) in [6.07, 6.45) is 1.56. The number of hydrogen-bond acceptors (Lipinski definition) is 3. The van der Waals surface area contributed by atoms with Crippen LogP contribution >= 0.6 is 12.2 Å². The molecule has 1 heterocycles. The zero-order chi connectivity index (χ0) is 7.40. The fourth-order valence-corrected chi connectivity index (χ4v) is 0.690. The highest BCUT2D eigenvalue weighted by atomic mass is 32.1. The number of thiocarbonyl (C=S) groups is 1. The lowest BCUT2D eigenvalue weighted by atomic mass is 10.3. The second-order valence-electron chi connectivity index (χ2n) is 1.70. The highest BCUT2D eigenvalue weighted by molar-refractivity contribution is 7.80. The van der Waals surface area contributed by atoms with Crippen LogP contribution in [0.5, 0.6) is 0 Å². The number of nitrogens with zero attached hydrogens (tertiary/aromatic N) is 1. The molecule has 0 aromatic carbocycles. The molecule has 0 N–H and O–H groups in total. The lowest BCUT2D eigenvalue weighted by Crippen LogP contribution is -2.00. The van der Waals surface area contributed by atoms with Crippen molar-refractivity contribution >= 4 is 23.4 Å². The van der Waals surface area contributed by atoms with Crippen LogP contribution in [0.15, 0.2) is 24.4 Å². The molecular weight excluding hydrogens is 146 g/mol. The van der Waals surface area contributed by atoms with Crippen LogP contribution in [0.1, 0.15) is 10.5 Å². The number of carbonyl (C=O) groups excluding carboxylic acids is 1. The van der Waals surface area contributed by atoms with Gasteiger partial charge in [-0.2, -0.15) is 0 Å². The number of rotatable bonds is 2. The molecule has 0 spiro atoms. The monoisotopic (exact) mass is 151 g/mol.